The number of rotatable bonds is 5. The molecule has 0 aliphatic heterocycles. The second kappa shape index (κ2) is 6.44. The zero-order valence-electron chi connectivity index (χ0n) is 11.7. The fourth-order valence-corrected chi connectivity index (χ4v) is 2.09. The summed E-state index contributed by atoms with van der Waals surface area (Å²) in [6, 6.07) is 11.8. The maximum atomic E-state index is 13.8. The van der Waals surface area contributed by atoms with Crippen molar-refractivity contribution in [3.8, 4) is 0 Å². The molecule has 0 aliphatic carbocycles. The van der Waals surface area contributed by atoms with Crippen LogP contribution in [0.2, 0.25) is 0 Å². The summed E-state index contributed by atoms with van der Waals surface area (Å²) in [5, 5.41) is 0. The average Bonchev–Trinajstić information content (AvgIpc) is 2.48. The van der Waals surface area contributed by atoms with Crippen LogP contribution < -0.4 is 0 Å². The van der Waals surface area contributed by atoms with Gasteiger partial charge in [-0.25, -0.2) is 4.39 Å². The minimum absolute atomic E-state index is 0.124. The second-order valence-corrected chi connectivity index (χ2v) is 4.63. The highest BCUT2D eigenvalue weighted by Gasteiger charge is 2.14. The van der Waals surface area contributed by atoms with Crippen LogP contribution in [0.5, 0.6) is 0 Å². The van der Waals surface area contributed by atoms with Crippen molar-refractivity contribution in [2.24, 2.45) is 0 Å². The summed E-state index contributed by atoms with van der Waals surface area (Å²) >= 11 is 0. The van der Waals surface area contributed by atoms with Gasteiger partial charge >= 0.3 is 0 Å². The zero-order valence-corrected chi connectivity index (χ0v) is 11.7. The largest absolute Gasteiger partial charge is 0.380 e. The smallest absolute Gasteiger partial charge is 0.195 e. The summed E-state index contributed by atoms with van der Waals surface area (Å²) in [7, 11) is 1.60. The molecule has 0 spiro atoms. The topological polar surface area (TPSA) is 26.3 Å². The number of ketones is 1. The Labute approximate surface area is 118 Å². The Morgan fingerprint density at radius 1 is 1.15 bits per heavy atom. The maximum absolute atomic E-state index is 13.8. The Morgan fingerprint density at radius 3 is 2.65 bits per heavy atom. The van der Waals surface area contributed by atoms with Crippen molar-refractivity contribution >= 4 is 5.78 Å². The molecule has 0 radical (unpaired) electrons. The van der Waals surface area contributed by atoms with E-state index in [-0.39, 0.29) is 11.3 Å². The highest BCUT2D eigenvalue weighted by atomic mass is 19.1. The highest BCUT2D eigenvalue weighted by Crippen LogP contribution is 2.17. The number of hydrogen-bond donors (Lipinski definition) is 0. The Bertz CT molecular complexity index is 620. The molecule has 20 heavy (non-hydrogen) atoms. The van der Waals surface area contributed by atoms with Crippen molar-refractivity contribution in [1.82, 2.24) is 0 Å². The van der Waals surface area contributed by atoms with Gasteiger partial charge in [0, 0.05) is 12.7 Å². The normalized spacial score (nSPS) is 10.6. The molecular formula is C17H17FO2. The van der Waals surface area contributed by atoms with E-state index in [2.05, 4.69) is 0 Å². The van der Waals surface area contributed by atoms with Gasteiger partial charge in [0.25, 0.3) is 0 Å². The van der Waals surface area contributed by atoms with Crippen molar-refractivity contribution < 1.29 is 13.9 Å². The number of methoxy groups -OCH3 is 1. The molecule has 2 aromatic carbocycles. The van der Waals surface area contributed by atoms with E-state index >= 15 is 0 Å². The van der Waals surface area contributed by atoms with Gasteiger partial charge in [-0.2, -0.15) is 0 Å². The molecule has 0 unspecified atom stereocenters. The third-order valence-electron chi connectivity index (χ3n) is 3.18. The molecule has 0 amide bonds. The van der Waals surface area contributed by atoms with Crippen LogP contribution in [0.15, 0.2) is 42.5 Å². The predicted molar refractivity (Wildman–Crippen MR) is 76.4 cm³/mol. The van der Waals surface area contributed by atoms with Crippen LogP contribution in [0.3, 0.4) is 0 Å². The fourth-order valence-electron chi connectivity index (χ4n) is 2.09. The molecule has 0 bridgehead atoms. The molecule has 0 atom stereocenters. The van der Waals surface area contributed by atoms with Gasteiger partial charge in [-0.15, -0.1) is 0 Å². The van der Waals surface area contributed by atoms with Gasteiger partial charge < -0.3 is 4.74 Å². The standard InChI is InChI=1S/C17H17FO2/c1-3-12-7-8-16(18)15(10-12)17(19)14-6-4-5-13(9-14)11-20-2/h4-10H,3,11H2,1-2H3. The predicted octanol–water partition coefficient (Wildman–Crippen LogP) is 3.77. The van der Waals surface area contributed by atoms with Crippen molar-refractivity contribution in [3.05, 3.63) is 70.5 Å². The summed E-state index contributed by atoms with van der Waals surface area (Å²) in [5.41, 5.74) is 2.44. The Morgan fingerprint density at radius 2 is 1.95 bits per heavy atom. The summed E-state index contributed by atoms with van der Waals surface area (Å²) in [6.07, 6.45) is 0.768. The first kappa shape index (κ1) is 14.4. The number of halogens is 1. The SMILES string of the molecule is CCc1ccc(F)c(C(=O)c2cccc(COC)c2)c1. The molecule has 0 saturated heterocycles. The lowest BCUT2D eigenvalue weighted by Crippen LogP contribution is -2.06. The van der Waals surface area contributed by atoms with Crippen molar-refractivity contribution in [2.75, 3.05) is 7.11 Å². The molecule has 2 nitrogen and oxygen atoms in total. The number of carbonyl (C=O) groups excluding carboxylic acids is 1. The summed E-state index contributed by atoms with van der Waals surface area (Å²) < 4.78 is 18.9. The third kappa shape index (κ3) is 3.11. The van der Waals surface area contributed by atoms with Gasteiger partial charge in [0.1, 0.15) is 5.82 Å². The van der Waals surface area contributed by atoms with Crippen LogP contribution in [0, 0.1) is 5.82 Å². The Hall–Kier alpha value is -2.00. The van der Waals surface area contributed by atoms with E-state index in [1.165, 1.54) is 6.07 Å². The van der Waals surface area contributed by atoms with E-state index in [0.717, 1.165) is 17.5 Å². The first-order valence-electron chi connectivity index (χ1n) is 6.56. The molecule has 0 saturated carbocycles. The minimum Gasteiger partial charge on any atom is -0.380 e. The van der Waals surface area contributed by atoms with Crippen molar-refractivity contribution in [2.45, 2.75) is 20.0 Å². The number of ether oxygens (including phenoxy) is 1. The second-order valence-electron chi connectivity index (χ2n) is 4.63. The molecule has 3 heteroatoms. The molecule has 0 aromatic heterocycles. The van der Waals surface area contributed by atoms with E-state index in [9.17, 15) is 9.18 Å². The van der Waals surface area contributed by atoms with Crippen molar-refractivity contribution in [3.63, 3.8) is 0 Å². The fraction of sp³-hybridized carbons (Fsp3) is 0.235. The quantitative estimate of drug-likeness (QED) is 0.775. The molecule has 0 fully saturated rings. The van der Waals surface area contributed by atoms with E-state index < -0.39 is 5.82 Å². The lowest BCUT2D eigenvalue weighted by atomic mass is 9.99. The van der Waals surface area contributed by atoms with Gasteiger partial charge in [0.15, 0.2) is 5.78 Å². The molecule has 2 rings (SSSR count). The van der Waals surface area contributed by atoms with Gasteiger partial charge in [0.2, 0.25) is 0 Å². The zero-order chi connectivity index (χ0) is 14.5. The minimum atomic E-state index is -0.482. The monoisotopic (exact) mass is 272 g/mol. The van der Waals surface area contributed by atoms with E-state index in [4.69, 9.17) is 4.74 Å². The summed E-state index contributed by atoms with van der Waals surface area (Å²) in [5.74, 6) is -0.778. The lowest BCUT2D eigenvalue weighted by Gasteiger charge is -2.07. The number of aryl methyl sites for hydroxylation is 1. The molecule has 0 aliphatic rings. The first-order chi connectivity index (χ1) is 9.65. The highest BCUT2D eigenvalue weighted by molar-refractivity contribution is 6.09. The molecule has 2 aromatic rings. The van der Waals surface area contributed by atoms with Crippen LogP contribution in [-0.2, 0) is 17.8 Å². The molecule has 0 heterocycles. The van der Waals surface area contributed by atoms with Crippen LogP contribution >= 0.6 is 0 Å². The maximum Gasteiger partial charge on any atom is 0.195 e. The van der Waals surface area contributed by atoms with E-state index in [0.29, 0.717) is 12.2 Å². The average molecular weight is 272 g/mol. The van der Waals surface area contributed by atoms with Gasteiger partial charge in [-0.05, 0) is 35.7 Å². The lowest BCUT2D eigenvalue weighted by molar-refractivity contribution is 0.103. The Kier molecular flexibility index (Phi) is 4.64. The first-order valence-corrected chi connectivity index (χ1v) is 6.56. The molecule has 104 valence electrons. The van der Waals surface area contributed by atoms with Crippen LogP contribution in [0.4, 0.5) is 4.39 Å². The number of hydrogen-bond acceptors (Lipinski definition) is 2. The van der Waals surface area contributed by atoms with Crippen LogP contribution in [0.1, 0.15) is 34.0 Å². The summed E-state index contributed by atoms with van der Waals surface area (Å²) in [6.45, 7) is 2.40. The Balaban J connectivity index is 2.38. The van der Waals surface area contributed by atoms with Crippen molar-refractivity contribution in [1.29, 1.82) is 0 Å². The summed E-state index contributed by atoms with van der Waals surface area (Å²) in [4.78, 5) is 12.4. The van der Waals surface area contributed by atoms with Gasteiger partial charge in [-0.1, -0.05) is 31.2 Å². The molecular weight excluding hydrogens is 255 g/mol. The third-order valence-corrected chi connectivity index (χ3v) is 3.18. The molecule has 0 N–H and O–H groups in total. The van der Waals surface area contributed by atoms with E-state index in [1.54, 1.807) is 37.4 Å². The number of carbonyl (C=O) groups is 1. The van der Waals surface area contributed by atoms with E-state index in [1.807, 2.05) is 13.0 Å². The number of benzene rings is 2. The van der Waals surface area contributed by atoms with Gasteiger partial charge in [-0.3, -0.25) is 4.79 Å². The van der Waals surface area contributed by atoms with Crippen LogP contribution in [-0.4, -0.2) is 12.9 Å². The van der Waals surface area contributed by atoms with Gasteiger partial charge in [0.05, 0.1) is 12.2 Å². The van der Waals surface area contributed by atoms with Crippen LogP contribution in [0.25, 0.3) is 0 Å².